The molecule has 0 bridgehead atoms. The number of nitrogens with one attached hydrogen (secondary N) is 1. The predicted molar refractivity (Wildman–Crippen MR) is 80.3 cm³/mol. The molecule has 8 heteroatoms. The van der Waals surface area contributed by atoms with Crippen molar-refractivity contribution in [1.29, 1.82) is 0 Å². The summed E-state index contributed by atoms with van der Waals surface area (Å²) in [4.78, 5) is 27.2. The van der Waals surface area contributed by atoms with Crippen LogP contribution in [0.25, 0.3) is 0 Å². The van der Waals surface area contributed by atoms with E-state index in [2.05, 4.69) is 10.3 Å². The summed E-state index contributed by atoms with van der Waals surface area (Å²) in [7, 11) is 0. The molecule has 0 fully saturated rings. The number of nitrogen functional groups attached to an aromatic ring is 1. The van der Waals surface area contributed by atoms with Crippen LogP contribution < -0.4 is 21.5 Å². The normalized spacial score (nSPS) is 10.1. The minimum Gasteiger partial charge on any atom is -0.484 e. The second-order valence-electron chi connectivity index (χ2n) is 4.20. The van der Waals surface area contributed by atoms with Gasteiger partial charge in [-0.3, -0.25) is 9.59 Å². The number of carbonyl (C=O) groups is 2. The standard InChI is InChI=1S/C13H14N4O3S/c1-7-11(21-13(15)16-7)12(19)17-8-3-2-4-9(5-8)20-6-10(14)18/h2-5H,6H2,1H3,(H2,14,18)(H2,15,16)(H,17,19). The molecule has 1 aromatic heterocycles. The van der Waals surface area contributed by atoms with E-state index in [-0.39, 0.29) is 12.5 Å². The second-order valence-corrected chi connectivity index (χ2v) is 5.23. The Morgan fingerprint density at radius 3 is 2.81 bits per heavy atom. The SMILES string of the molecule is Cc1nc(N)sc1C(=O)Nc1cccc(OCC(N)=O)c1. The second kappa shape index (κ2) is 6.23. The zero-order valence-corrected chi connectivity index (χ0v) is 12.1. The Balaban J connectivity index is 2.09. The van der Waals surface area contributed by atoms with E-state index in [1.54, 1.807) is 31.2 Å². The molecule has 5 N–H and O–H groups in total. The van der Waals surface area contributed by atoms with Gasteiger partial charge in [0, 0.05) is 11.8 Å². The first kappa shape index (κ1) is 14.8. The van der Waals surface area contributed by atoms with Gasteiger partial charge in [-0.05, 0) is 19.1 Å². The zero-order chi connectivity index (χ0) is 15.4. The molecule has 1 heterocycles. The number of benzene rings is 1. The first-order valence-corrected chi connectivity index (χ1v) is 6.83. The van der Waals surface area contributed by atoms with E-state index in [0.29, 0.717) is 27.1 Å². The summed E-state index contributed by atoms with van der Waals surface area (Å²) in [5.41, 5.74) is 11.7. The van der Waals surface area contributed by atoms with Crippen LogP contribution in [0.15, 0.2) is 24.3 Å². The Hall–Kier alpha value is -2.61. The van der Waals surface area contributed by atoms with E-state index in [1.807, 2.05) is 0 Å². The van der Waals surface area contributed by atoms with Gasteiger partial charge in [-0.2, -0.15) is 0 Å². The minimum absolute atomic E-state index is 0.220. The van der Waals surface area contributed by atoms with Gasteiger partial charge in [0.05, 0.1) is 5.69 Å². The number of anilines is 2. The summed E-state index contributed by atoms with van der Waals surface area (Å²) in [6.45, 7) is 1.50. The first-order valence-electron chi connectivity index (χ1n) is 6.01. The van der Waals surface area contributed by atoms with Crippen LogP contribution in [0.1, 0.15) is 15.4 Å². The molecule has 0 radical (unpaired) electrons. The number of rotatable bonds is 5. The van der Waals surface area contributed by atoms with Crippen molar-refractivity contribution in [1.82, 2.24) is 4.98 Å². The number of hydrogen-bond donors (Lipinski definition) is 3. The Morgan fingerprint density at radius 2 is 2.19 bits per heavy atom. The molecule has 110 valence electrons. The third-order valence-corrected chi connectivity index (χ3v) is 3.48. The number of carbonyl (C=O) groups excluding carboxylic acids is 2. The van der Waals surface area contributed by atoms with Gasteiger partial charge in [0.15, 0.2) is 11.7 Å². The van der Waals surface area contributed by atoms with Gasteiger partial charge in [0.25, 0.3) is 11.8 Å². The van der Waals surface area contributed by atoms with Crippen molar-refractivity contribution >= 4 is 34.0 Å². The van der Waals surface area contributed by atoms with Gasteiger partial charge in [-0.1, -0.05) is 17.4 Å². The van der Waals surface area contributed by atoms with Gasteiger partial charge >= 0.3 is 0 Å². The van der Waals surface area contributed by atoms with E-state index >= 15 is 0 Å². The molecule has 2 aromatic rings. The van der Waals surface area contributed by atoms with Crippen LogP contribution in [0, 0.1) is 6.92 Å². The van der Waals surface area contributed by atoms with Crippen LogP contribution in [0.4, 0.5) is 10.8 Å². The highest BCUT2D eigenvalue weighted by molar-refractivity contribution is 7.17. The smallest absolute Gasteiger partial charge is 0.267 e. The van der Waals surface area contributed by atoms with Gasteiger partial charge in [0.1, 0.15) is 10.6 Å². The fourth-order valence-electron chi connectivity index (χ4n) is 1.63. The van der Waals surface area contributed by atoms with Gasteiger partial charge in [0.2, 0.25) is 0 Å². The highest BCUT2D eigenvalue weighted by Crippen LogP contribution is 2.22. The molecule has 0 saturated carbocycles. The largest absolute Gasteiger partial charge is 0.484 e. The molecule has 2 rings (SSSR count). The average Bonchev–Trinajstić information content (AvgIpc) is 2.76. The van der Waals surface area contributed by atoms with Crippen molar-refractivity contribution in [3.8, 4) is 5.75 Å². The van der Waals surface area contributed by atoms with Crippen LogP contribution >= 0.6 is 11.3 Å². The molecule has 21 heavy (non-hydrogen) atoms. The number of primary amides is 1. The Morgan fingerprint density at radius 1 is 1.43 bits per heavy atom. The number of aromatic nitrogens is 1. The molecular weight excluding hydrogens is 292 g/mol. The van der Waals surface area contributed by atoms with Crippen LogP contribution in [-0.4, -0.2) is 23.4 Å². The molecular formula is C13H14N4O3S. The van der Waals surface area contributed by atoms with Crippen LogP contribution in [0.5, 0.6) is 5.75 Å². The van der Waals surface area contributed by atoms with Crippen LogP contribution in [0.2, 0.25) is 0 Å². The molecule has 0 saturated heterocycles. The summed E-state index contributed by atoms with van der Waals surface area (Å²) in [5.74, 6) is -0.430. The van der Waals surface area contributed by atoms with Crippen molar-refractivity contribution in [2.45, 2.75) is 6.92 Å². The van der Waals surface area contributed by atoms with Crippen molar-refractivity contribution in [2.24, 2.45) is 5.73 Å². The lowest BCUT2D eigenvalue weighted by molar-refractivity contribution is -0.119. The van der Waals surface area contributed by atoms with Gasteiger partial charge in [-0.25, -0.2) is 4.98 Å². The van der Waals surface area contributed by atoms with Crippen molar-refractivity contribution in [3.63, 3.8) is 0 Å². The van der Waals surface area contributed by atoms with E-state index in [4.69, 9.17) is 16.2 Å². The number of ether oxygens (including phenoxy) is 1. The monoisotopic (exact) mass is 306 g/mol. The van der Waals surface area contributed by atoms with Crippen molar-refractivity contribution in [2.75, 3.05) is 17.7 Å². The van der Waals surface area contributed by atoms with Gasteiger partial charge < -0.3 is 21.5 Å². The number of nitrogens with zero attached hydrogens (tertiary/aromatic N) is 1. The fourth-order valence-corrected chi connectivity index (χ4v) is 2.36. The lowest BCUT2D eigenvalue weighted by Gasteiger charge is -2.07. The molecule has 7 nitrogen and oxygen atoms in total. The summed E-state index contributed by atoms with van der Waals surface area (Å²) in [6, 6.07) is 6.66. The van der Waals surface area contributed by atoms with Crippen molar-refractivity contribution < 1.29 is 14.3 Å². The summed E-state index contributed by atoms with van der Waals surface area (Å²) in [6.07, 6.45) is 0. The Bertz CT molecular complexity index is 684. The number of nitrogens with two attached hydrogens (primary N) is 2. The van der Waals surface area contributed by atoms with Gasteiger partial charge in [-0.15, -0.1) is 0 Å². The topological polar surface area (TPSA) is 120 Å². The maximum Gasteiger partial charge on any atom is 0.267 e. The molecule has 0 atom stereocenters. The molecule has 0 aliphatic rings. The van der Waals surface area contributed by atoms with E-state index in [0.717, 1.165) is 11.3 Å². The first-order chi connectivity index (χ1) is 9.95. The van der Waals surface area contributed by atoms with E-state index in [1.165, 1.54) is 0 Å². The summed E-state index contributed by atoms with van der Waals surface area (Å²) in [5, 5.41) is 3.06. The highest BCUT2D eigenvalue weighted by Gasteiger charge is 2.14. The third-order valence-electron chi connectivity index (χ3n) is 2.49. The molecule has 1 aromatic carbocycles. The maximum absolute atomic E-state index is 12.1. The average molecular weight is 306 g/mol. The van der Waals surface area contributed by atoms with Crippen LogP contribution in [-0.2, 0) is 4.79 Å². The number of amides is 2. The lowest BCUT2D eigenvalue weighted by atomic mass is 10.3. The highest BCUT2D eigenvalue weighted by atomic mass is 32.1. The molecule has 0 aliphatic carbocycles. The minimum atomic E-state index is -0.569. The zero-order valence-electron chi connectivity index (χ0n) is 11.3. The maximum atomic E-state index is 12.1. The number of thiazole rings is 1. The van der Waals surface area contributed by atoms with Crippen molar-refractivity contribution in [3.05, 3.63) is 34.8 Å². The molecule has 0 spiro atoms. The predicted octanol–water partition coefficient (Wildman–Crippen LogP) is 1.15. The molecule has 2 amide bonds. The number of aryl methyl sites for hydroxylation is 1. The Labute approximate surface area is 124 Å². The lowest BCUT2D eigenvalue weighted by Crippen LogP contribution is -2.20. The molecule has 0 aliphatic heterocycles. The van der Waals surface area contributed by atoms with Crippen LogP contribution in [0.3, 0.4) is 0 Å². The summed E-state index contributed by atoms with van der Waals surface area (Å²) >= 11 is 1.12. The van der Waals surface area contributed by atoms with E-state index < -0.39 is 5.91 Å². The molecule has 0 unspecified atom stereocenters. The quantitative estimate of drug-likeness (QED) is 0.765. The summed E-state index contributed by atoms with van der Waals surface area (Å²) < 4.78 is 5.17. The fraction of sp³-hybridized carbons (Fsp3) is 0.154. The Kier molecular flexibility index (Phi) is 4.39. The number of hydrogen-bond acceptors (Lipinski definition) is 6. The third kappa shape index (κ3) is 3.93. The van der Waals surface area contributed by atoms with E-state index in [9.17, 15) is 9.59 Å².